The average Bonchev–Trinajstić information content (AvgIpc) is 3.19. The van der Waals surface area contributed by atoms with E-state index in [2.05, 4.69) is 26.8 Å². The summed E-state index contributed by atoms with van der Waals surface area (Å²) in [7, 11) is 3.91. The third-order valence-electron chi connectivity index (χ3n) is 5.85. The van der Waals surface area contributed by atoms with Crippen LogP contribution < -0.4 is 5.32 Å². The number of rotatable bonds is 5. The van der Waals surface area contributed by atoms with Crippen molar-refractivity contribution >= 4 is 11.9 Å². The van der Waals surface area contributed by atoms with Gasteiger partial charge < -0.3 is 14.6 Å². The monoisotopic (exact) mass is 389 g/mol. The summed E-state index contributed by atoms with van der Waals surface area (Å²) in [4.78, 5) is 29.5. The van der Waals surface area contributed by atoms with E-state index in [9.17, 15) is 9.59 Å². The fourth-order valence-corrected chi connectivity index (χ4v) is 4.11. The summed E-state index contributed by atoms with van der Waals surface area (Å²) in [5.74, 6) is 0.0444. The normalized spacial score (nSPS) is 26.9. The quantitative estimate of drug-likeness (QED) is 0.777. The topological polar surface area (TPSA) is 79.7 Å². The minimum atomic E-state index is -0.307. The van der Waals surface area contributed by atoms with Gasteiger partial charge in [0.25, 0.3) is 0 Å². The first kappa shape index (κ1) is 20.5. The number of nitrogens with one attached hydrogen (secondary N) is 1. The maximum Gasteiger partial charge on any atom is 0.335 e. The fourth-order valence-electron chi connectivity index (χ4n) is 4.11. The Morgan fingerprint density at radius 1 is 1.25 bits per heavy atom. The smallest absolute Gasteiger partial charge is 0.335 e. The van der Waals surface area contributed by atoms with Crippen LogP contribution in [0.25, 0.3) is 0 Å². The molecule has 1 saturated heterocycles. The molecule has 0 aromatic carbocycles. The van der Waals surface area contributed by atoms with Crippen molar-refractivity contribution in [1.29, 1.82) is 0 Å². The molecule has 0 spiro atoms. The number of allylic oxidation sites excluding steroid dienone is 1. The number of aromatic nitrogens is 2. The van der Waals surface area contributed by atoms with E-state index >= 15 is 0 Å². The number of amides is 1. The van der Waals surface area contributed by atoms with Crippen molar-refractivity contribution in [3.05, 3.63) is 30.0 Å². The van der Waals surface area contributed by atoms with Gasteiger partial charge in [-0.1, -0.05) is 6.92 Å². The van der Waals surface area contributed by atoms with Crippen LogP contribution in [0.2, 0.25) is 0 Å². The van der Waals surface area contributed by atoms with Crippen LogP contribution in [-0.4, -0.2) is 58.2 Å². The van der Waals surface area contributed by atoms with E-state index in [0.717, 1.165) is 25.0 Å². The predicted octanol–water partition coefficient (Wildman–Crippen LogP) is 2.08. The van der Waals surface area contributed by atoms with Crippen LogP contribution in [0, 0.1) is 5.92 Å². The Kier molecular flexibility index (Phi) is 6.51. The van der Waals surface area contributed by atoms with Crippen LogP contribution in [0.4, 0.5) is 0 Å². The first-order valence-electron chi connectivity index (χ1n) is 10.0. The predicted molar refractivity (Wildman–Crippen MR) is 105 cm³/mol. The second-order valence-electron chi connectivity index (χ2n) is 7.75. The van der Waals surface area contributed by atoms with Crippen molar-refractivity contribution in [1.82, 2.24) is 24.9 Å². The van der Waals surface area contributed by atoms with Gasteiger partial charge in [-0.05, 0) is 44.9 Å². The Bertz CT molecular complexity index is 730. The fraction of sp³-hybridized carbons (Fsp3) is 0.650. The van der Waals surface area contributed by atoms with E-state index in [-0.39, 0.29) is 24.1 Å². The standard InChI is InChI=1S/C20H31N5O3/c1-5-28-20(27)15-12-14(2)6-7-16(15)22-19(26)17-8-9-18(24(4)23(17)3)25-11-10-21-13-25/h10-11,13-14,17-18H,5-9,12H2,1-4H3,(H,22,26). The van der Waals surface area contributed by atoms with E-state index in [0.29, 0.717) is 30.9 Å². The summed E-state index contributed by atoms with van der Waals surface area (Å²) in [5, 5.41) is 7.09. The number of hydrogen-bond acceptors (Lipinski definition) is 6. The molecular weight excluding hydrogens is 358 g/mol. The zero-order chi connectivity index (χ0) is 20.3. The molecule has 154 valence electrons. The summed E-state index contributed by atoms with van der Waals surface area (Å²) in [6, 6.07) is -0.278. The molecule has 8 nitrogen and oxygen atoms in total. The average molecular weight is 390 g/mol. The highest BCUT2D eigenvalue weighted by Crippen LogP contribution is 2.31. The molecule has 3 rings (SSSR count). The molecule has 1 aromatic rings. The van der Waals surface area contributed by atoms with Crippen molar-refractivity contribution in [2.75, 3.05) is 20.7 Å². The summed E-state index contributed by atoms with van der Waals surface area (Å²) in [5.41, 5.74) is 1.35. The molecule has 1 aliphatic heterocycles. The number of carbonyl (C=O) groups is 2. The highest BCUT2D eigenvalue weighted by molar-refractivity contribution is 5.91. The van der Waals surface area contributed by atoms with Gasteiger partial charge in [0.1, 0.15) is 12.2 Å². The van der Waals surface area contributed by atoms with Gasteiger partial charge in [0.15, 0.2) is 0 Å². The molecule has 8 heteroatoms. The first-order chi connectivity index (χ1) is 13.4. The largest absolute Gasteiger partial charge is 0.463 e. The maximum atomic E-state index is 13.0. The lowest BCUT2D eigenvalue weighted by atomic mass is 9.87. The van der Waals surface area contributed by atoms with Gasteiger partial charge >= 0.3 is 5.97 Å². The summed E-state index contributed by atoms with van der Waals surface area (Å²) >= 11 is 0. The third kappa shape index (κ3) is 4.28. The van der Waals surface area contributed by atoms with Crippen molar-refractivity contribution < 1.29 is 14.3 Å². The van der Waals surface area contributed by atoms with Crippen molar-refractivity contribution in [2.24, 2.45) is 5.92 Å². The van der Waals surface area contributed by atoms with Crippen molar-refractivity contribution in [3.63, 3.8) is 0 Å². The number of hydrogen-bond donors (Lipinski definition) is 1. The van der Waals surface area contributed by atoms with E-state index in [4.69, 9.17) is 4.74 Å². The Morgan fingerprint density at radius 2 is 2.04 bits per heavy atom. The van der Waals surface area contributed by atoms with E-state index < -0.39 is 0 Å². The molecule has 28 heavy (non-hydrogen) atoms. The third-order valence-corrected chi connectivity index (χ3v) is 5.85. The maximum absolute atomic E-state index is 13.0. The summed E-state index contributed by atoms with van der Waals surface area (Å²) in [6.07, 6.45) is 9.53. The molecule has 1 aliphatic carbocycles. The Balaban J connectivity index is 1.71. The van der Waals surface area contributed by atoms with Gasteiger partial charge in [-0.25, -0.2) is 19.8 Å². The number of nitrogens with zero attached hydrogens (tertiary/aromatic N) is 4. The molecule has 1 fully saturated rings. The second-order valence-corrected chi connectivity index (χ2v) is 7.75. The molecule has 2 aliphatic rings. The lowest BCUT2D eigenvalue weighted by molar-refractivity contribution is -0.148. The van der Waals surface area contributed by atoms with Crippen LogP contribution in [0.3, 0.4) is 0 Å². The van der Waals surface area contributed by atoms with E-state index in [1.54, 1.807) is 19.4 Å². The number of hydrazine groups is 1. The first-order valence-corrected chi connectivity index (χ1v) is 10.0. The van der Waals surface area contributed by atoms with Crippen LogP contribution in [0.15, 0.2) is 30.0 Å². The summed E-state index contributed by atoms with van der Waals surface area (Å²) in [6.45, 7) is 4.26. The Morgan fingerprint density at radius 3 is 2.71 bits per heavy atom. The van der Waals surface area contributed by atoms with Gasteiger partial charge in [0.2, 0.25) is 5.91 Å². The highest BCUT2D eigenvalue weighted by atomic mass is 16.5. The van der Waals surface area contributed by atoms with Gasteiger partial charge in [0, 0.05) is 32.2 Å². The molecule has 0 radical (unpaired) electrons. The summed E-state index contributed by atoms with van der Waals surface area (Å²) < 4.78 is 7.26. The number of likely N-dealkylation sites (N-methyl/N-ethyl adjacent to an activating group) is 1. The van der Waals surface area contributed by atoms with Crippen LogP contribution in [0.5, 0.6) is 0 Å². The molecule has 1 N–H and O–H groups in total. The SMILES string of the molecule is CCOC(=O)C1=C(NC(=O)C2CCC(n3ccnc3)N(C)N2C)CCC(C)C1. The number of carbonyl (C=O) groups excluding carboxylic acids is 2. The molecule has 0 saturated carbocycles. The van der Waals surface area contributed by atoms with Crippen LogP contribution >= 0.6 is 0 Å². The second kappa shape index (κ2) is 8.87. The van der Waals surface area contributed by atoms with Gasteiger partial charge in [-0.2, -0.15) is 0 Å². The lowest BCUT2D eigenvalue weighted by Crippen LogP contribution is -2.56. The van der Waals surface area contributed by atoms with Gasteiger partial charge in [-0.3, -0.25) is 4.79 Å². The molecule has 3 unspecified atom stereocenters. The van der Waals surface area contributed by atoms with E-state index in [1.807, 2.05) is 25.3 Å². The molecule has 1 amide bonds. The minimum absolute atomic E-state index is 0.0650. The zero-order valence-electron chi connectivity index (χ0n) is 17.2. The van der Waals surface area contributed by atoms with Gasteiger partial charge in [0.05, 0.1) is 18.5 Å². The van der Waals surface area contributed by atoms with Gasteiger partial charge in [-0.15, -0.1) is 0 Å². The van der Waals surface area contributed by atoms with Crippen molar-refractivity contribution in [2.45, 2.75) is 58.2 Å². The number of ether oxygens (including phenoxy) is 1. The minimum Gasteiger partial charge on any atom is -0.463 e. The Labute approximate surface area is 166 Å². The zero-order valence-corrected chi connectivity index (χ0v) is 17.2. The number of esters is 1. The van der Waals surface area contributed by atoms with Crippen LogP contribution in [0.1, 0.15) is 52.1 Å². The molecule has 3 atom stereocenters. The lowest BCUT2D eigenvalue weighted by Gasteiger charge is -2.44. The number of imidazole rings is 1. The Hall–Kier alpha value is -2.19. The van der Waals surface area contributed by atoms with Crippen molar-refractivity contribution in [3.8, 4) is 0 Å². The molecule has 0 bridgehead atoms. The molecular formula is C20H31N5O3. The molecule has 2 heterocycles. The molecule has 1 aromatic heterocycles. The van der Waals surface area contributed by atoms with E-state index in [1.165, 1.54) is 0 Å². The van der Waals surface area contributed by atoms with Crippen LogP contribution in [-0.2, 0) is 14.3 Å². The highest BCUT2D eigenvalue weighted by Gasteiger charge is 2.36.